The molecule has 2 nitrogen and oxygen atoms in total. The summed E-state index contributed by atoms with van der Waals surface area (Å²) in [7, 11) is 0. The maximum absolute atomic E-state index is 4.29. The summed E-state index contributed by atoms with van der Waals surface area (Å²) < 4.78 is 0. The Morgan fingerprint density at radius 3 is 3.19 bits per heavy atom. The molecule has 0 spiro atoms. The molecule has 0 aromatic carbocycles. The Morgan fingerprint density at radius 1 is 1.44 bits per heavy atom. The average molecular weight is 216 g/mol. The van der Waals surface area contributed by atoms with Crippen molar-refractivity contribution in [1.82, 2.24) is 9.80 Å². The number of hydrogen-bond donors (Lipinski definition) is 0. The quantitative estimate of drug-likeness (QED) is 0.574. The Bertz CT molecular complexity index is 367. The molecule has 0 aromatic rings. The lowest BCUT2D eigenvalue weighted by Gasteiger charge is -2.44. The summed E-state index contributed by atoms with van der Waals surface area (Å²) in [5.74, 6) is 0. The van der Waals surface area contributed by atoms with E-state index in [1.807, 2.05) is 0 Å². The van der Waals surface area contributed by atoms with Crippen LogP contribution in [0.1, 0.15) is 26.2 Å². The van der Waals surface area contributed by atoms with Crippen molar-refractivity contribution in [2.75, 3.05) is 13.1 Å². The molecule has 0 aliphatic carbocycles. The van der Waals surface area contributed by atoms with Gasteiger partial charge >= 0.3 is 0 Å². The van der Waals surface area contributed by atoms with Crippen molar-refractivity contribution in [3.8, 4) is 0 Å². The van der Waals surface area contributed by atoms with Crippen molar-refractivity contribution < 1.29 is 0 Å². The Kier molecular flexibility index (Phi) is 2.40. The van der Waals surface area contributed by atoms with E-state index in [1.165, 1.54) is 24.1 Å². The molecule has 3 aliphatic rings. The Labute approximate surface area is 97.9 Å². The number of piperazine rings is 1. The lowest BCUT2D eigenvalue weighted by Crippen LogP contribution is -2.51. The van der Waals surface area contributed by atoms with E-state index in [9.17, 15) is 0 Å². The van der Waals surface area contributed by atoms with Crippen molar-refractivity contribution in [1.29, 1.82) is 0 Å². The molecule has 16 heavy (non-hydrogen) atoms. The zero-order chi connectivity index (χ0) is 11.1. The first-order chi connectivity index (χ1) is 7.75. The first-order valence-electron chi connectivity index (χ1n) is 6.31. The molecule has 0 aromatic heterocycles. The fourth-order valence-electron chi connectivity index (χ4n) is 3.02. The molecule has 2 heteroatoms. The second-order valence-corrected chi connectivity index (χ2v) is 5.21. The third-order valence-electron chi connectivity index (χ3n) is 4.17. The number of rotatable bonds is 0. The highest BCUT2D eigenvalue weighted by Crippen LogP contribution is 2.32. The van der Waals surface area contributed by atoms with Crippen LogP contribution in [-0.2, 0) is 0 Å². The van der Waals surface area contributed by atoms with Crippen molar-refractivity contribution in [2.45, 2.75) is 38.3 Å². The van der Waals surface area contributed by atoms with E-state index in [2.05, 4.69) is 41.7 Å². The van der Waals surface area contributed by atoms with Gasteiger partial charge in [0.05, 0.1) is 6.04 Å². The minimum absolute atomic E-state index is 0.515. The van der Waals surface area contributed by atoms with E-state index in [0.717, 1.165) is 19.5 Å². The highest BCUT2D eigenvalue weighted by molar-refractivity contribution is 5.25. The van der Waals surface area contributed by atoms with Crippen LogP contribution < -0.4 is 0 Å². The molecular weight excluding hydrogens is 196 g/mol. The first-order valence-corrected chi connectivity index (χ1v) is 6.31. The van der Waals surface area contributed by atoms with Crippen LogP contribution in [-0.4, -0.2) is 35.0 Å². The zero-order valence-corrected chi connectivity index (χ0v) is 10.0. The van der Waals surface area contributed by atoms with Crippen molar-refractivity contribution in [3.05, 3.63) is 36.2 Å². The molecule has 3 rings (SSSR count). The summed E-state index contributed by atoms with van der Waals surface area (Å²) in [6, 6.07) is 1.22. The predicted molar refractivity (Wildman–Crippen MR) is 66.9 cm³/mol. The van der Waals surface area contributed by atoms with Gasteiger partial charge in [0, 0.05) is 31.0 Å². The fraction of sp³-hybridized carbons (Fsp3) is 0.571. The summed E-state index contributed by atoms with van der Waals surface area (Å²) in [5, 5.41) is 0. The van der Waals surface area contributed by atoms with E-state index >= 15 is 0 Å². The van der Waals surface area contributed by atoms with Gasteiger partial charge in [0.1, 0.15) is 0 Å². The Morgan fingerprint density at radius 2 is 2.31 bits per heavy atom. The van der Waals surface area contributed by atoms with E-state index in [1.54, 1.807) is 0 Å². The van der Waals surface area contributed by atoms with Crippen LogP contribution in [0.4, 0.5) is 0 Å². The van der Waals surface area contributed by atoms with Crippen LogP contribution in [0.2, 0.25) is 0 Å². The van der Waals surface area contributed by atoms with Gasteiger partial charge in [-0.25, -0.2) is 0 Å². The second kappa shape index (κ2) is 3.77. The molecule has 3 aliphatic heterocycles. The van der Waals surface area contributed by atoms with Gasteiger partial charge in [-0.15, -0.1) is 0 Å². The van der Waals surface area contributed by atoms with Gasteiger partial charge in [-0.3, -0.25) is 4.90 Å². The van der Waals surface area contributed by atoms with Crippen LogP contribution in [0, 0.1) is 0 Å². The molecule has 2 saturated heterocycles. The largest absolute Gasteiger partial charge is 0.342 e. The van der Waals surface area contributed by atoms with Crippen LogP contribution in [0.5, 0.6) is 0 Å². The number of hydrogen-bond acceptors (Lipinski definition) is 2. The number of nitrogens with zero attached hydrogens (tertiary/aromatic N) is 2. The topological polar surface area (TPSA) is 6.48 Å². The Balaban J connectivity index is 1.95. The summed E-state index contributed by atoms with van der Waals surface area (Å²) in [4.78, 5) is 5.06. The van der Waals surface area contributed by atoms with Gasteiger partial charge in [0.15, 0.2) is 0 Å². The van der Waals surface area contributed by atoms with Gasteiger partial charge in [-0.2, -0.15) is 0 Å². The molecule has 86 valence electrons. The van der Waals surface area contributed by atoms with Gasteiger partial charge in [-0.05, 0) is 26.2 Å². The highest BCUT2D eigenvalue weighted by atomic mass is 15.3. The standard InChI is InChI=1S/C14H20N2/c1-11-6-7-12(2)15-9-13-5-3-4-8-16(13)14(11)10-15/h4-5,8,12,14H,1,3,6-7,9-10H2,2H3. The van der Waals surface area contributed by atoms with Crippen LogP contribution >= 0.6 is 0 Å². The molecule has 0 saturated carbocycles. The number of fused-ring (bicyclic) bond motifs is 4. The van der Waals surface area contributed by atoms with Gasteiger partial charge in [0.2, 0.25) is 0 Å². The predicted octanol–water partition coefficient (Wildman–Crippen LogP) is 2.51. The van der Waals surface area contributed by atoms with Crippen molar-refractivity contribution in [3.63, 3.8) is 0 Å². The summed E-state index contributed by atoms with van der Waals surface area (Å²) >= 11 is 0. The van der Waals surface area contributed by atoms with E-state index in [-0.39, 0.29) is 0 Å². The van der Waals surface area contributed by atoms with Gasteiger partial charge in [-0.1, -0.05) is 24.3 Å². The van der Waals surface area contributed by atoms with Crippen LogP contribution in [0.25, 0.3) is 0 Å². The SMILES string of the molecule is C=C1CCC(C)N2CC3=CCC=CN3C1C2. The maximum Gasteiger partial charge on any atom is 0.0667 e. The average Bonchev–Trinajstić information content (AvgIpc) is 2.43. The molecule has 3 atom stereocenters. The fourth-order valence-corrected chi connectivity index (χ4v) is 3.02. The Hall–Kier alpha value is -1.02. The smallest absolute Gasteiger partial charge is 0.0667 e. The molecule has 0 radical (unpaired) electrons. The van der Waals surface area contributed by atoms with Crippen LogP contribution in [0.15, 0.2) is 36.2 Å². The monoisotopic (exact) mass is 216 g/mol. The lowest BCUT2D eigenvalue weighted by atomic mass is 10.0. The van der Waals surface area contributed by atoms with E-state index < -0.39 is 0 Å². The zero-order valence-electron chi connectivity index (χ0n) is 10.0. The molecular formula is C14H20N2. The normalized spacial score (nSPS) is 37.8. The minimum atomic E-state index is 0.515. The minimum Gasteiger partial charge on any atom is -0.342 e. The van der Waals surface area contributed by atoms with E-state index in [4.69, 9.17) is 0 Å². The number of allylic oxidation sites excluding steroid dienone is 2. The van der Waals surface area contributed by atoms with Gasteiger partial charge < -0.3 is 4.90 Å². The van der Waals surface area contributed by atoms with Crippen molar-refractivity contribution in [2.24, 2.45) is 0 Å². The molecule has 2 fully saturated rings. The highest BCUT2D eigenvalue weighted by Gasteiger charge is 2.35. The molecule has 3 unspecified atom stereocenters. The third-order valence-corrected chi connectivity index (χ3v) is 4.17. The van der Waals surface area contributed by atoms with Crippen LogP contribution in [0.3, 0.4) is 0 Å². The lowest BCUT2D eigenvalue weighted by molar-refractivity contribution is 0.141. The van der Waals surface area contributed by atoms with Gasteiger partial charge in [0.25, 0.3) is 0 Å². The van der Waals surface area contributed by atoms with Crippen molar-refractivity contribution >= 4 is 0 Å². The summed E-state index contributed by atoms with van der Waals surface area (Å²) in [5.41, 5.74) is 2.89. The molecule has 3 heterocycles. The molecule has 0 N–H and O–H groups in total. The molecule has 0 amide bonds. The summed E-state index contributed by atoms with van der Waals surface area (Å²) in [6.07, 6.45) is 10.4. The maximum atomic E-state index is 4.29. The summed E-state index contributed by atoms with van der Waals surface area (Å²) in [6.45, 7) is 8.92. The first kappa shape index (κ1) is 10.2. The van der Waals surface area contributed by atoms with E-state index in [0.29, 0.717) is 12.1 Å². The molecule has 2 bridgehead atoms. The third kappa shape index (κ3) is 1.52. The second-order valence-electron chi connectivity index (χ2n) is 5.21.